The number of benzene rings is 1. The Morgan fingerprint density at radius 2 is 1.48 bits per heavy atom. The molecule has 0 aliphatic carbocycles. The van der Waals surface area contributed by atoms with Crippen LogP contribution in [0.1, 0.15) is 5.56 Å². The third-order valence-electron chi connectivity index (χ3n) is 2.34. The Morgan fingerprint density at radius 3 is 2.00 bits per heavy atom. The number of nitrogens with two attached hydrogens (primary N) is 2. The monoisotopic (exact) mass is 300 g/mol. The van der Waals surface area contributed by atoms with Crippen molar-refractivity contribution in [3.05, 3.63) is 29.8 Å². The van der Waals surface area contributed by atoms with Crippen molar-refractivity contribution in [3.63, 3.8) is 0 Å². The highest BCUT2D eigenvalue weighted by atomic mass is 19.4. The molecule has 0 fully saturated rings. The van der Waals surface area contributed by atoms with Gasteiger partial charge < -0.3 is 5.32 Å². The lowest BCUT2D eigenvalue weighted by atomic mass is 10.2. The number of alkyl halides is 3. The molecule has 0 atom stereocenters. The highest BCUT2D eigenvalue weighted by Crippen LogP contribution is 2.31. The van der Waals surface area contributed by atoms with Crippen LogP contribution in [0.15, 0.2) is 24.3 Å². The summed E-state index contributed by atoms with van der Waals surface area (Å²) >= 11 is 0. The molecule has 11 heteroatoms. The van der Waals surface area contributed by atoms with Gasteiger partial charge in [0.05, 0.1) is 5.56 Å². The Morgan fingerprint density at radius 1 is 0.905 bits per heavy atom. The minimum absolute atomic E-state index is 0.00701. The quantitative estimate of drug-likeness (QED) is 0.421. The largest absolute Gasteiger partial charge is 0.416 e. The van der Waals surface area contributed by atoms with Gasteiger partial charge in [0.2, 0.25) is 17.8 Å². The van der Waals surface area contributed by atoms with Crippen molar-refractivity contribution < 1.29 is 13.2 Å². The first kappa shape index (κ1) is 14.7. The molecular weight excluding hydrogens is 289 g/mol. The van der Waals surface area contributed by atoms with Gasteiger partial charge in [0.25, 0.3) is 0 Å². The highest BCUT2D eigenvalue weighted by Gasteiger charge is 2.30. The standard InChI is InChI=1S/C10H11F3N8/c11-10(12,13)5-2-1-3-6(4-5)16-7-17-8(20-14)19-9(18-7)21-15/h1-4H,14-15H2,(H3,16,17,18,19,20,21). The van der Waals surface area contributed by atoms with E-state index in [0.29, 0.717) is 0 Å². The molecule has 0 radical (unpaired) electrons. The SMILES string of the molecule is NNc1nc(NN)nc(Nc2cccc(C(F)(F)F)c2)n1. The molecule has 1 heterocycles. The van der Waals surface area contributed by atoms with E-state index in [9.17, 15) is 13.2 Å². The fourth-order valence-corrected chi connectivity index (χ4v) is 1.46. The van der Waals surface area contributed by atoms with Crippen LogP contribution in [0.4, 0.5) is 36.7 Å². The first-order valence-corrected chi connectivity index (χ1v) is 5.56. The van der Waals surface area contributed by atoms with E-state index in [2.05, 4.69) is 31.1 Å². The molecular formula is C10H11F3N8. The predicted octanol–water partition coefficient (Wildman–Crippen LogP) is 1.21. The highest BCUT2D eigenvalue weighted by molar-refractivity contribution is 5.56. The molecule has 0 aliphatic rings. The third kappa shape index (κ3) is 3.67. The number of hydrazine groups is 2. The van der Waals surface area contributed by atoms with Crippen LogP contribution in [0, 0.1) is 0 Å². The van der Waals surface area contributed by atoms with Crippen LogP contribution in [0.5, 0.6) is 0 Å². The Balaban J connectivity index is 2.30. The second kappa shape index (κ2) is 5.76. The van der Waals surface area contributed by atoms with Gasteiger partial charge in [0.1, 0.15) is 0 Å². The molecule has 0 saturated heterocycles. The Bertz CT molecular complexity index is 608. The van der Waals surface area contributed by atoms with Crippen LogP contribution in [-0.2, 0) is 6.18 Å². The Labute approximate surface area is 116 Å². The Hall–Kier alpha value is -2.66. The van der Waals surface area contributed by atoms with Crippen molar-refractivity contribution in [1.82, 2.24) is 15.0 Å². The second-order valence-corrected chi connectivity index (χ2v) is 3.80. The van der Waals surface area contributed by atoms with Crippen LogP contribution in [0.2, 0.25) is 0 Å². The number of nitrogens with one attached hydrogen (secondary N) is 3. The third-order valence-corrected chi connectivity index (χ3v) is 2.34. The van der Waals surface area contributed by atoms with E-state index in [1.165, 1.54) is 12.1 Å². The molecule has 21 heavy (non-hydrogen) atoms. The number of halogens is 3. The van der Waals surface area contributed by atoms with E-state index in [0.717, 1.165) is 12.1 Å². The molecule has 0 amide bonds. The fraction of sp³-hybridized carbons (Fsp3) is 0.100. The predicted molar refractivity (Wildman–Crippen MR) is 70.2 cm³/mol. The summed E-state index contributed by atoms with van der Waals surface area (Å²) in [6.45, 7) is 0. The molecule has 0 bridgehead atoms. The second-order valence-electron chi connectivity index (χ2n) is 3.80. The number of nitrogen functional groups attached to an aromatic ring is 2. The van der Waals surface area contributed by atoms with E-state index in [1.54, 1.807) is 0 Å². The van der Waals surface area contributed by atoms with Gasteiger partial charge in [-0.3, -0.25) is 10.9 Å². The molecule has 1 aromatic heterocycles. The first-order chi connectivity index (χ1) is 9.92. The molecule has 8 nitrogen and oxygen atoms in total. The van der Waals surface area contributed by atoms with Crippen LogP contribution in [0.3, 0.4) is 0 Å². The van der Waals surface area contributed by atoms with E-state index < -0.39 is 11.7 Å². The van der Waals surface area contributed by atoms with Crippen LogP contribution in [-0.4, -0.2) is 15.0 Å². The van der Waals surface area contributed by atoms with E-state index in [-0.39, 0.29) is 23.5 Å². The molecule has 0 spiro atoms. The zero-order chi connectivity index (χ0) is 15.5. The summed E-state index contributed by atoms with van der Waals surface area (Å²) in [6, 6.07) is 4.58. The first-order valence-electron chi connectivity index (χ1n) is 5.56. The normalized spacial score (nSPS) is 11.1. The maximum atomic E-state index is 12.6. The summed E-state index contributed by atoms with van der Waals surface area (Å²) in [7, 11) is 0. The zero-order valence-corrected chi connectivity index (χ0v) is 10.4. The van der Waals surface area contributed by atoms with E-state index >= 15 is 0 Å². The average Bonchev–Trinajstić information content (AvgIpc) is 2.46. The van der Waals surface area contributed by atoms with Crippen LogP contribution in [0.25, 0.3) is 0 Å². The van der Waals surface area contributed by atoms with Crippen molar-refractivity contribution in [2.24, 2.45) is 11.7 Å². The number of nitrogens with zero attached hydrogens (tertiary/aromatic N) is 3. The minimum atomic E-state index is -4.44. The van der Waals surface area contributed by atoms with Gasteiger partial charge >= 0.3 is 6.18 Å². The van der Waals surface area contributed by atoms with Crippen molar-refractivity contribution in [1.29, 1.82) is 0 Å². The summed E-state index contributed by atoms with van der Waals surface area (Å²) in [4.78, 5) is 11.4. The van der Waals surface area contributed by atoms with Gasteiger partial charge in [0.15, 0.2) is 0 Å². The van der Waals surface area contributed by atoms with E-state index in [1.807, 2.05) is 0 Å². The summed E-state index contributed by atoms with van der Waals surface area (Å²) < 4.78 is 37.9. The average molecular weight is 300 g/mol. The molecule has 2 aromatic rings. The molecule has 7 N–H and O–H groups in total. The Kier molecular flexibility index (Phi) is 4.05. The van der Waals surface area contributed by atoms with Gasteiger partial charge in [-0.05, 0) is 18.2 Å². The topological polar surface area (TPSA) is 127 Å². The smallest absolute Gasteiger partial charge is 0.324 e. The van der Waals surface area contributed by atoms with Crippen molar-refractivity contribution in [3.8, 4) is 0 Å². The van der Waals surface area contributed by atoms with Gasteiger partial charge in [-0.15, -0.1) is 0 Å². The fourth-order valence-electron chi connectivity index (χ4n) is 1.46. The van der Waals surface area contributed by atoms with Crippen molar-refractivity contribution >= 4 is 23.5 Å². The molecule has 112 valence electrons. The maximum absolute atomic E-state index is 12.6. The lowest BCUT2D eigenvalue weighted by Gasteiger charge is -2.10. The molecule has 0 saturated carbocycles. The van der Waals surface area contributed by atoms with Gasteiger partial charge in [0, 0.05) is 5.69 Å². The summed E-state index contributed by atoms with van der Waals surface area (Å²) in [6.07, 6.45) is -4.44. The van der Waals surface area contributed by atoms with Gasteiger partial charge in [-0.25, -0.2) is 11.7 Å². The molecule has 2 rings (SSSR count). The van der Waals surface area contributed by atoms with Crippen LogP contribution < -0.4 is 27.9 Å². The summed E-state index contributed by atoms with van der Waals surface area (Å²) in [5.41, 5.74) is 3.73. The summed E-state index contributed by atoms with van der Waals surface area (Å²) in [5, 5.41) is 2.61. The van der Waals surface area contributed by atoms with E-state index in [4.69, 9.17) is 11.7 Å². The maximum Gasteiger partial charge on any atom is 0.416 e. The van der Waals surface area contributed by atoms with Gasteiger partial charge in [-0.1, -0.05) is 6.07 Å². The number of hydrogen-bond donors (Lipinski definition) is 5. The number of rotatable bonds is 4. The lowest BCUT2D eigenvalue weighted by molar-refractivity contribution is -0.137. The lowest BCUT2D eigenvalue weighted by Crippen LogP contribution is -2.17. The number of anilines is 4. The van der Waals surface area contributed by atoms with Crippen LogP contribution >= 0.6 is 0 Å². The molecule has 0 unspecified atom stereocenters. The number of aromatic nitrogens is 3. The zero-order valence-electron chi connectivity index (χ0n) is 10.4. The van der Waals surface area contributed by atoms with Gasteiger partial charge in [-0.2, -0.15) is 28.1 Å². The molecule has 0 aliphatic heterocycles. The summed E-state index contributed by atoms with van der Waals surface area (Å²) in [5.74, 6) is 10.3. The van der Waals surface area contributed by atoms with Crippen molar-refractivity contribution in [2.75, 3.05) is 16.2 Å². The minimum Gasteiger partial charge on any atom is -0.324 e. The van der Waals surface area contributed by atoms with Crippen molar-refractivity contribution in [2.45, 2.75) is 6.18 Å². The molecule has 1 aromatic carbocycles. The number of hydrogen-bond acceptors (Lipinski definition) is 8.